The van der Waals surface area contributed by atoms with Crippen molar-refractivity contribution in [2.75, 3.05) is 33.4 Å². The second-order valence-corrected chi connectivity index (χ2v) is 7.28. The Morgan fingerprint density at radius 3 is 2.71 bits per heavy atom. The van der Waals surface area contributed by atoms with Crippen molar-refractivity contribution in [1.82, 2.24) is 4.90 Å². The van der Waals surface area contributed by atoms with Gasteiger partial charge in [0.2, 0.25) is 0 Å². The van der Waals surface area contributed by atoms with Crippen LogP contribution in [0.5, 0.6) is 5.75 Å². The normalized spacial score (nSPS) is 17.9. The molecule has 3 nitrogen and oxygen atoms in total. The molecule has 2 aromatic rings. The van der Waals surface area contributed by atoms with Gasteiger partial charge in [-0.1, -0.05) is 42.5 Å². The van der Waals surface area contributed by atoms with Crippen LogP contribution in [0.15, 0.2) is 48.5 Å². The first-order valence-corrected chi connectivity index (χ1v) is 10.2. The van der Waals surface area contributed by atoms with Gasteiger partial charge in [-0.05, 0) is 62.5 Å². The Labute approximate surface area is 167 Å². The maximum atomic E-state index is 13.0. The van der Waals surface area contributed by atoms with E-state index < -0.39 is 0 Å². The van der Waals surface area contributed by atoms with Crippen molar-refractivity contribution < 1.29 is 13.9 Å². The molecule has 3 rings (SSSR count). The largest absolute Gasteiger partial charge is 0.493 e. The van der Waals surface area contributed by atoms with Crippen LogP contribution in [0.4, 0.5) is 4.39 Å². The van der Waals surface area contributed by atoms with E-state index in [0.29, 0.717) is 12.7 Å². The summed E-state index contributed by atoms with van der Waals surface area (Å²) in [5, 5.41) is 0. The van der Waals surface area contributed by atoms with E-state index in [1.165, 1.54) is 31.5 Å². The van der Waals surface area contributed by atoms with Crippen LogP contribution in [0.2, 0.25) is 0 Å². The Kier molecular flexibility index (Phi) is 8.07. The number of nitrogens with zero attached hydrogens (tertiary/aromatic N) is 1. The molecule has 1 heterocycles. The van der Waals surface area contributed by atoms with Crippen molar-refractivity contribution in [1.29, 1.82) is 0 Å². The standard InChI is InChI=1S/C24H30FNO2/c1-27-23-8-6-17-26(19-23)16-4-5-18-28-24-9-3-2-7-21(24)13-10-20-11-14-22(25)15-12-20/h2-3,7,9-15,23H,4-6,8,16-19H2,1H3/b13-10+. The second-order valence-electron chi connectivity index (χ2n) is 7.28. The number of benzene rings is 2. The van der Waals surface area contributed by atoms with Gasteiger partial charge in [-0.3, -0.25) is 0 Å². The molecule has 0 spiro atoms. The predicted octanol–water partition coefficient (Wildman–Crippen LogP) is 5.27. The molecule has 0 N–H and O–H groups in total. The van der Waals surface area contributed by atoms with Gasteiger partial charge < -0.3 is 14.4 Å². The number of piperidine rings is 1. The van der Waals surface area contributed by atoms with E-state index >= 15 is 0 Å². The highest BCUT2D eigenvalue weighted by Crippen LogP contribution is 2.21. The highest BCUT2D eigenvalue weighted by molar-refractivity contribution is 5.72. The molecule has 0 saturated carbocycles. The molecule has 1 fully saturated rings. The van der Waals surface area contributed by atoms with Gasteiger partial charge in [0.1, 0.15) is 11.6 Å². The van der Waals surface area contributed by atoms with Gasteiger partial charge in [0.05, 0.1) is 12.7 Å². The molecule has 1 aliphatic rings. The van der Waals surface area contributed by atoms with E-state index in [1.54, 1.807) is 12.1 Å². The number of methoxy groups -OCH3 is 1. The lowest BCUT2D eigenvalue weighted by Gasteiger charge is -2.31. The number of likely N-dealkylation sites (tertiary alicyclic amines) is 1. The Morgan fingerprint density at radius 1 is 1.07 bits per heavy atom. The molecule has 1 aliphatic heterocycles. The smallest absolute Gasteiger partial charge is 0.126 e. The van der Waals surface area contributed by atoms with Crippen molar-refractivity contribution in [2.24, 2.45) is 0 Å². The van der Waals surface area contributed by atoms with Crippen molar-refractivity contribution in [3.05, 3.63) is 65.5 Å². The van der Waals surface area contributed by atoms with Crippen LogP contribution in [-0.2, 0) is 4.74 Å². The molecular formula is C24H30FNO2. The zero-order chi connectivity index (χ0) is 19.6. The average Bonchev–Trinajstić information content (AvgIpc) is 2.74. The molecule has 0 radical (unpaired) electrons. The topological polar surface area (TPSA) is 21.7 Å². The number of rotatable bonds is 9. The summed E-state index contributed by atoms with van der Waals surface area (Å²) >= 11 is 0. The first-order chi connectivity index (χ1) is 13.7. The molecule has 28 heavy (non-hydrogen) atoms. The molecule has 0 aliphatic carbocycles. The van der Waals surface area contributed by atoms with Crippen LogP contribution in [-0.4, -0.2) is 44.4 Å². The number of hydrogen-bond donors (Lipinski definition) is 0. The Bertz CT molecular complexity index is 745. The fourth-order valence-electron chi connectivity index (χ4n) is 3.54. The third-order valence-electron chi connectivity index (χ3n) is 5.17. The SMILES string of the molecule is COC1CCCN(CCCCOc2ccccc2/C=C/c2ccc(F)cc2)C1. The van der Waals surface area contributed by atoms with Gasteiger partial charge in [0, 0.05) is 19.2 Å². The quantitative estimate of drug-likeness (QED) is 0.435. The van der Waals surface area contributed by atoms with E-state index in [2.05, 4.69) is 4.90 Å². The Morgan fingerprint density at radius 2 is 1.89 bits per heavy atom. The average molecular weight is 384 g/mol. The van der Waals surface area contributed by atoms with Crippen molar-refractivity contribution >= 4 is 12.2 Å². The summed E-state index contributed by atoms with van der Waals surface area (Å²) in [5.74, 6) is 0.668. The predicted molar refractivity (Wildman–Crippen MR) is 113 cm³/mol. The second kappa shape index (κ2) is 11.0. The molecule has 0 bridgehead atoms. The number of ether oxygens (including phenoxy) is 2. The number of hydrogen-bond acceptors (Lipinski definition) is 3. The summed E-state index contributed by atoms with van der Waals surface area (Å²) in [4.78, 5) is 2.50. The molecule has 1 saturated heterocycles. The molecule has 150 valence electrons. The van der Waals surface area contributed by atoms with Crippen LogP contribution in [0.25, 0.3) is 12.2 Å². The number of unbranched alkanes of at least 4 members (excludes halogenated alkanes) is 1. The van der Waals surface area contributed by atoms with E-state index in [0.717, 1.165) is 42.8 Å². The number of halogens is 1. The van der Waals surface area contributed by atoms with Crippen LogP contribution >= 0.6 is 0 Å². The first-order valence-electron chi connectivity index (χ1n) is 10.2. The summed E-state index contributed by atoms with van der Waals surface area (Å²) in [6.45, 7) is 4.05. The monoisotopic (exact) mass is 383 g/mol. The minimum absolute atomic E-state index is 0.219. The lowest BCUT2D eigenvalue weighted by Crippen LogP contribution is -2.39. The maximum absolute atomic E-state index is 13.0. The summed E-state index contributed by atoms with van der Waals surface area (Å²) in [5.41, 5.74) is 2.00. The zero-order valence-corrected chi connectivity index (χ0v) is 16.6. The molecule has 0 amide bonds. The van der Waals surface area contributed by atoms with Crippen LogP contribution in [0.1, 0.15) is 36.8 Å². The minimum Gasteiger partial charge on any atom is -0.493 e. The molecule has 1 unspecified atom stereocenters. The van der Waals surface area contributed by atoms with Crippen LogP contribution < -0.4 is 4.74 Å². The first kappa shape index (κ1) is 20.6. The van der Waals surface area contributed by atoms with Crippen molar-refractivity contribution in [2.45, 2.75) is 31.8 Å². The zero-order valence-electron chi connectivity index (χ0n) is 16.6. The van der Waals surface area contributed by atoms with Gasteiger partial charge >= 0.3 is 0 Å². The lowest BCUT2D eigenvalue weighted by molar-refractivity contribution is 0.0306. The molecule has 2 aromatic carbocycles. The van der Waals surface area contributed by atoms with E-state index in [4.69, 9.17) is 9.47 Å². The minimum atomic E-state index is -0.219. The van der Waals surface area contributed by atoms with Crippen molar-refractivity contribution in [3.8, 4) is 5.75 Å². The van der Waals surface area contributed by atoms with E-state index in [9.17, 15) is 4.39 Å². The van der Waals surface area contributed by atoms with Gasteiger partial charge in [-0.2, -0.15) is 0 Å². The number of para-hydroxylation sites is 1. The van der Waals surface area contributed by atoms with Gasteiger partial charge in [-0.15, -0.1) is 0 Å². The molecule has 4 heteroatoms. The lowest BCUT2D eigenvalue weighted by atomic mass is 10.1. The summed E-state index contributed by atoms with van der Waals surface area (Å²) in [7, 11) is 1.81. The fourth-order valence-corrected chi connectivity index (χ4v) is 3.54. The molecule has 1 atom stereocenters. The van der Waals surface area contributed by atoms with Crippen molar-refractivity contribution in [3.63, 3.8) is 0 Å². The highest BCUT2D eigenvalue weighted by Gasteiger charge is 2.18. The Balaban J connectivity index is 1.44. The maximum Gasteiger partial charge on any atom is 0.126 e. The third-order valence-corrected chi connectivity index (χ3v) is 5.17. The third kappa shape index (κ3) is 6.47. The van der Waals surface area contributed by atoms with Gasteiger partial charge in [0.25, 0.3) is 0 Å². The highest BCUT2D eigenvalue weighted by atomic mass is 19.1. The van der Waals surface area contributed by atoms with E-state index in [1.807, 2.05) is 43.5 Å². The molecular weight excluding hydrogens is 353 g/mol. The summed E-state index contributed by atoms with van der Waals surface area (Å²) < 4.78 is 24.5. The van der Waals surface area contributed by atoms with E-state index in [-0.39, 0.29) is 5.82 Å². The Hall–Kier alpha value is -2.17. The van der Waals surface area contributed by atoms with Crippen LogP contribution in [0, 0.1) is 5.82 Å². The summed E-state index contributed by atoms with van der Waals surface area (Å²) in [6, 6.07) is 14.5. The van der Waals surface area contributed by atoms with Gasteiger partial charge in [0.15, 0.2) is 0 Å². The van der Waals surface area contributed by atoms with Gasteiger partial charge in [-0.25, -0.2) is 4.39 Å². The summed E-state index contributed by atoms with van der Waals surface area (Å²) in [6.07, 6.45) is 8.95. The molecule has 0 aromatic heterocycles. The van der Waals surface area contributed by atoms with Crippen LogP contribution in [0.3, 0.4) is 0 Å². The fraction of sp³-hybridized carbons (Fsp3) is 0.417.